The molecule has 0 saturated carbocycles. The first-order chi connectivity index (χ1) is 15.0. The highest BCUT2D eigenvalue weighted by atomic mass is 32.2. The number of amides is 1. The molecule has 168 valence electrons. The number of alkyl carbamates (subject to hydrolysis) is 1. The molecule has 2 N–H and O–H groups in total. The molecule has 1 amide bonds. The van der Waals surface area contributed by atoms with Gasteiger partial charge >= 0.3 is 6.09 Å². The molecule has 2 aromatic carbocycles. The van der Waals surface area contributed by atoms with E-state index >= 15 is 0 Å². The number of aliphatic hydroxyl groups is 1. The summed E-state index contributed by atoms with van der Waals surface area (Å²) < 4.78 is 5.41. The molecule has 0 spiro atoms. The molecule has 0 radical (unpaired) electrons. The summed E-state index contributed by atoms with van der Waals surface area (Å²) in [5.41, 5.74) is 2.25. The van der Waals surface area contributed by atoms with Crippen molar-refractivity contribution in [2.75, 3.05) is 19.6 Å². The summed E-state index contributed by atoms with van der Waals surface area (Å²) >= 11 is 1.81. The van der Waals surface area contributed by atoms with Crippen LogP contribution in [0.4, 0.5) is 4.79 Å². The number of β-amino-alcohol motifs (C(OH)–C–C–N with tert-alkyl or cyclic N) is 1. The van der Waals surface area contributed by atoms with Crippen molar-refractivity contribution in [3.05, 3.63) is 71.8 Å². The molecule has 1 aliphatic heterocycles. The Morgan fingerprint density at radius 3 is 2.39 bits per heavy atom. The molecule has 31 heavy (non-hydrogen) atoms. The maximum atomic E-state index is 12.4. The summed E-state index contributed by atoms with van der Waals surface area (Å²) in [5, 5.41) is 13.8. The highest BCUT2D eigenvalue weighted by Gasteiger charge is 2.33. The van der Waals surface area contributed by atoms with E-state index in [0.717, 1.165) is 30.8 Å². The first kappa shape index (κ1) is 23.6. The van der Waals surface area contributed by atoms with E-state index in [-0.39, 0.29) is 30.1 Å². The molecular weight excluding hydrogens is 408 g/mol. The summed E-state index contributed by atoms with van der Waals surface area (Å²) in [4.78, 5) is 14.6. The van der Waals surface area contributed by atoms with Gasteiger partial charge in [-0.1, -0.05) is 74.5 Å². The van der Waals surface area contributed by atoms with Gasteiger partial charge in [0, 0.05) is 36.7 Å². The first-order valence-electron chi connectivity index (χ1n) is 11.0. The van der Waals surface area contributed by atoms with Gasteiger partial charge in [0.2, 0.25) is 0 Å². The fraction of sp³-hybridized carbons (Fsp3) is 0.480. The number of ether oxygens (including phenoxy) is 1. The van der Waals surface area contributed by atoms with Gasteiger partial charge in [0.15, 0.2) is 0 Å². The van der Waals surface area contributed by atoms with Crippen LogP contribution in [0.5, 0.6) is 0 Å². The van der Waals surface area contributed by atoms with Crippen LogP contribution in [0.1, 0.15) is 31.4 Å². The molecule has 1 heterocycles. The molecular formula is C25H34N2O3S. The van der Waals surface area contributed by atoms with Gasteiger partial charge in [0.25, 0.3) is 0 Å². The number of aliphatic hydroxyl groups excluding tert-OH is 1. The van der Waals surface area contributed by atoms with E-state index in [1.54, 1.807) is 11.8 Å². The molecule has 3 atom stereocenters. The van der Waals surface area contributed by atoms with E-state index < -0.39 is 0 Å². The second-order valence-corrected chi connectivity index (χ2v) is 9.88. The topological polar surface area (TPSA) is 61.8 Å². The van der Waals surface area contributed by atoms with Crippen LogP contribution in [0.3, 0.4) is 0 Å². The van der Waals surface area contributed by atoms with Gasteiger partial charge in [-0.15, -0.1) is 11.8 Å². The first-order valence-corrected chi connectivity index (χ1v) is 12.1. The van der Waals surface area contributed by atoms with Crippen molar-refractivity contribution in [1.29, 1.82) is 0 Å². The minimum absolute atomic E-state index is 0.00616. The smallest absolute Gasteiger partial charge is 0.407 e. The van der Waals surface area contributed by atoms with E-state index in [2.05, 4.69) is 36.2 Å². The van der Waals surface area contributed by atoms with E-state index in [0.29, 0.717) is 12.5 Å². The van der Waals surface area contributed by atoms with Crippen LogP contribution in [0, 0.1) is 5.92 Å². The van der Waals surface area contributed by atoms with Gasteiger partial charge in [-0.2, -0.15) is 0 Å². The fourth-order valence-corrected chi connectivity index (χ4v) is 5.14. The molecule has 5 nitrogen and oxygen atoms in total. The van der Waals surface area contributed by atoms with Gasteiger partial charge in [-0.25, -0.2) is 4.79 Å². The predicted molar refractivity (Wildman–Crippen MR) is 127 cm³/mol. The van der Waals surface area contributed by atoms with E-state index in [1.165, 1.54) is 5.56 Å². The molecule has 1 aliphatic rings. The molecule has 2 aromatic rings. The van der Waals surface area contributed by atoms with Crippen LogP contribution >= 0.6 is 11.8 Å². The van der Waals surface area contributed by atoms with Crippen molar-refractivity contribution in [3.63, 3.8) is 0 Å². The summed E-state index contributed by atoms with van der Waals surface area (Å²) in [5.74, 6) is 1.35. The summed E-state index contributed by atoms with van der Waals surface area (Å²) in [6, 6.07) is 20.0. The van der Waals surface area contributed by atoms with Crippen LogP contribution in [0.25, 0.3) is 0 Å². The summed E-state index contributed by atoms with van der Waals surface area (Å²) in [7, 11) is 0. The zero-order chi connectivity index (χ0) is 22.1. The normalized spacial score (nSPS) is 20.0. The zero-order valence-electron chi connectivity index (χ0n) is 18.4. The highest BCUT2D eigenvalue weighted by Crippen LogP contribution is 2.27. The van der Waals surface area contributed by atoms with E-state index in [4.69, 9.17) is 4.74 Å². The Balaban J connectivity index is 1.47. The minimum atomic E-state index is -0.385. The summed E-state index contributed by atoms with van der Waals surface area (Å²) in [6.45, 7) is 6.76. The number of benzene rings is 2. The van der Waals surface area contributed by atoms with Crippen LogP contribution in [-0.4, -0.2) is 53.1 Å². The maximum absolute atomic E-state index is 12.4. The maximum Gasteiger partial charge on any atom is 0.407 e. The number of hydrogen-bond donors (Lipinski definition) is 2. The van der Waals surface area contributed by atoms with Crippen molar-refractivity contribution in [2.45, 2.75) is 50.0 Å². The van der Waals surface area contributed by atoms with Gasteiger partial charge < -0.3 is 15.2 Å². The molecule has 0 aliphatic carbocycles. The fourth-order valence-electron chi connectivity index (χ4n) is 3.91. The van der Waals surface area contributed by atoms with Crippen LogP contribution < -0.4 is 5.32 Å². The van der Waals surface area contributed by atoms with Gasteiger partial charge in [-0.05, 0) is 23.5 Å². The van der Waals surface area contributed by atoms with Crippen LogP contribution in [-0.2, 0) is 17.1 Å². The number of rotatable bonds is 10. The molecule has 0 aromatic heterocycles. The number of carbonyl (C=O) groups is 1. The SMILES string of the molecule is CC(C)CC(CN1CC(O)C(SCc2ccccc2)C1)NC(=O)OCc1ccccc1. The van der Waals surface area contributed by atoms with E-state index in [1.807, 2.05) is 48.5 Å². The summed E-state index contributed by atoms with van der Waals surface area (Å²) in [6.07, 6.45) is 0.136. The predicted octanol–water partition coefficient (Wildman–Crippen LogP) is 4.31. The Hall–Kier alpha value is -2.02. The van der Waals surface area contributed by atoms with Gasteiger partial charge in [0.1, 0.15) is 6.61 Å². The lowest BCUT2D eigenvalue weighted by Gasteiger charge is -2.25. The second-order valence-electron chi connectivity index (χ2n) is 8.65. The lowest BCUT2D eigenvalue weighted by molar-refractivity contribution is 0.129. The average Bonchev–Trinajstić information content (AvgIpc) is 3.10. The number of likely N-dealkylation sites (tertiary alicyclic amines) is 1. The van der Waals surface area contributed by atoms with Crippen molar-refractivity contribution < 1.29 is 14.6 Å². The van der Waals surface area contributed by atoms with Gasteiger partial charge in [0.05, 0.1) is 6.10 Å². The lowest BCUT2D eigenvalue weighted by Crippen LogP contribution is -2.44. The third-order valence-corrected chi connectivity index (χ3v) is 6.78. The van der Waals surface area contributed by atoms with Crippen LogP contribution in [0.2, 0.25) is 0 Å². The molecule has 3 rings (SSSR count). The third kappa shape index (κ3) is 8.20. The second kappa shape index (κ2) is 12.1. The van der Waals surface area contributed by atoms with Crippen molar-refractivity contribution >= 4 is 17.9 Å². The zero-order valence-corrected chi connectivity index (χ0v) is 19.3. The molecule has 6 heteroatoms. The van der Waals surface area contributed by atoms with Crippen molar-refractivity contribution in [1.82, 2.24) is 10.2 Å². The number of carbonyl (C=O) groups excluding carboxylic acids is 1. The van der Waals surface area contributed by atoms with Crippen LogP contribution in [0.15, 0.2) is 60.7 Å². The number of thioether (sulfide) groups is 1. The Labute approximate surface area is 190 Å². The standard InChI is InChI=1S/C25H34N2O3S/c1-19(2)13-22(26-25(29)30-17-20-9-5-3-6-10-20)14-27-15-23(28)24(16-27)31-18-21-11-7-4-8-12-21/h3-12,19,22-24,28H,13-18H2,1-2H3,(H,26,29). The largest absolute Gasteiger partial charge is 0.445 e. The number of nitrogens with zero attached hydrogens (tertiary/aromatic N) is 1. The number of nitrogens with one attached hydrogen (secondary N) is 1. The lowest BCUT2D eigenvalue weighted by atomic mass is 10.0. The van der Waals surface area contributed by atoms with Crippen molar-refractivity contribution in [2.24, 2.45) is 5.92 Å². The third-order valence-electron chi connectivity index (χ3n) is 5.39. The molecule has 3 unspecified atom stereocenters. The van der Waals surface area contributed by atoms with Gasteiger partial charge in [-0.3, -0.25) is 4.90 Å². The Bertz CT molecular complexity index is 788. The molecule has 1 fully saturated rings. The Morgan fingerprint density at radius 2 is 1.74 bits per heavy atom. The quantitative estimate of drug-likeness (QED) is 0.574. The highest BCUT2D eigenvalue weighted by molar-refractivity contribution is 7.99. The Kier molecular flexibility index (Phi) is 9.25. The van der Waals surface area contributed by atoms with Crippen molar-refractivity contribution in [3.8, 4) is 0 Å². The number of hydrogen-bond acceptors (Lipinski definition) is 5. The molecule has 1 saturated heterocycles. The Morgan fingerprint density at radius 1 is 1.10 bits per heavy atom. The molecule has 0 bridgehead atoms. The monoisotopic (exact) mass is 442 g/mol. The van der Waals surface area contributed by atoms with E-state index in [9.17, 15) is 9.90 Å². The average molecular weight is 443 g/mol. The minimum Gasteiger partial charge on any atom is -0.445 e.